The lowest BCUT2D eigenvalue weighted by Gasteiger charge is -2.29. The summed E-state index contributed by atoms with van der Waals surface area (Å²) in [5.41, 5.74) is 3.93. The van der Waals surface area contributed by atoms with Crippen molar-refractivity contribution in [1.29, 1.82) is 0 Å². The van der Waals surface area contributed by atoms with E-state index in [0.717, 1.165) is 64.5 Å². The number of aromatic amines is 1. The monoisotopic (exact) mass is 301 g/mol. The molecule has 0 atom stereocenters. The Labute approximate surface area is 127 Å². The van der Waals surface area contributed by atoms with E-state index >= 15 is 0 Å². The molecule has 0 aliphatic carbocycles. The molecular formula is C15H16ClN5. The third-order valence-corrected chi connectivity index (χ3v) is 4.53. The second-order valence-corrected chi connectivity index (χ2v) is 5.77. The van der Waals surface area contributed by atoms with E-state index in [1.165, 1.54) is 0 Å². The first kappa shape index (κ1) is 12.9. The SMILES string of the molecule is Cc1c(Cl)ccc2nc(N3CCNCC3)c3[nH]cnc3c12. The molecule has 1 aromatic carbocycles. The summed E-state index contributed by atoms with van der Waals surface area (Å²) in [5.74, 6) is 0.984. The van der Waals surface area contributed by atoms with Crippen LogP contribution in [-0.2, 0) is 0 Å². The number of pyridine rings is 1. The number of aromatic nitrogens is 3. The minimum atomic E-state index is 0.753. The fourth-order valence-corrected chi connectivity index (χ4v) is 3.15. The smallest absolute Gasteiger partial charge is 0.155 e. The van der Waals surface area contributed by atoms with Gasteiger partial charge in [0.1, 0.15) is 11.0 Å². The van der Waals surface area contributed by atoms with Crippen molar-refractivity contribution in [2.24, 2.45) is 0 Å². The quantitative estimate of drug-likeness (QED) is 0.725. The van der Waals surface area contributed by atoms with E-state index in [0.29, 0.717) is 0 Å². The molecular weight excluding hydrogens is 286 g/mol. The molecule has 2 N–H and O–H groups in total. The Morgan fingerprint density at radius 2 is 2.05 bits per heavy atom. The maximum atomic E-state index is 6.26. The number of halogens is 1. The van der Waals surface area contributed by atoms with Crippen molar-refractivity contribution in [3.05, 3.63) is 29.0 Å². The lowest BCUT2D eigenvalue weighted by Crippen LogP contribution is -2.44. The van der Waals surface area contributed by atoms with Gasteiger partial charge in [0.15, 0.2) is 5.82 Å². The molecule has 21 heavy (non-hydrogen) atoms. The van der Waals surface area contributed by atoms with Crippen molar-refractivity contribution in [3.63, 3.8) is 0 Å². The molecule has 0 radical (unpaired) electrons. The molecule has 0 bridgehead atoms. The number of hydrogen-bond donors (Lipinski definition) is 2. The predicted molar refractivity (Wildman–Crippen MR) is 86.2 cm³/mol. The number of nitrogens with zero attached hydrogens (tertiary/aromatic N) is 3. The normalized spacial score (nSPS) is 16.0. The Hall–Kier alpha value is -1.85. The van der Waals surface area contributed by atoms with E-state index in [2.05, 4.69) is 20.2 Å². The molecule has 2 aromatic heterocycles. The Bertz CT molecular complexity index is 820. The van der Waals surface area contributed by atoms with Crippen molar-refractivity contribution in [2.75, 3.05) is 31.1 Å². The highest BCUT2D eigenvalue weighted by Gasteiger charge is 2.19. The number of anilines is 1. The second kappa shape index (κ2) is 4.86. The molecule has 1 aliphatic heterocycles. The number of piperazine rings is 1. The first-order chi connectivity index (χ1) is 10.3. The van der Waals surface area contributed by atoms with Crippen LogP contribution in [0.3, 0.4) is 0 Å². The average Bonchev–Trinajstić information content (AvgIpc) is 3.00. The molecule has 6 heteroatoms. The van der Waals surface area contributed by atoms with Gasteiger partial charge in [-0.2, -0.15) is 0 Å². The molecule has 1 saturated heterocycles. The highest BCUT2D eigenvalue weighted by molar-refractivity contribution is 6.32. The van der Waals surface area contributed by atoms with E-state index in [4.69, 9.17) is 16.6 Å². The summed E-state index contributed by atoms with van der Waals surface area (Å²) < 4.78 is 0. The van der Waals surface area contributed by atoms with E-state index in [1.807, 2.05) is 19.1 Å². The third-order valence-electron chi connectivity index (χ3n) is 4.12. The standard InChI is InChI=1S/C15H16ClN5/c1-9-10(16)2-3-11-12(9)13-14(19-8-18-13)15(20-11)21-6-4-17-5-7-21/h2-3,8,17H,4-7H2,1H3,(H,18,19). The number of rotatable bonds is 1. The zero-order chi connectivity index (χ0) is 14.4. The van der Waals surface area contributed by atoms with Gasteiger partial charge in [-0.15, -0.1) is 0 Å². The molecule has 1 fully saturated rings. The van der Waals surface area contributed by atoms with E-state index < -0.39 is 0 Å². The van der Waals surface area contributed by atoms with Gasteiger partial charge in [-0.3, -0.25) is 0 Å². The number of benzene rings is 1. The number of hydrogen-bond acceptors (Lipinski definition) is 4. The molecule has 0 saturated carbocycles. The van der Waals surface area contributed by atoms with Crippen LogP contribution in [-0.4, -0.2) is 41.1 Å². The second-order valence-electron chi connectivity index (χ2n) is 5.37. The van der Waals surface area contributed by atoms with Crippen LogP contribution < -0.4 is 10.2 Å². The Morgan fingerprint density at radius 3 is 2.86 bits per heavy atom. The van der Waals surface area contributed by atoms with Crippen LogP contribution in [0.25, 0.3) is 21.9 Å². The van der Waals surface area contributed by atoms with Crippen LogP contribution in [0.1, 0.15) is 5.56 Å². The maximum absolute atomic E-state index is 6.26. The third kappa shape index (κ3) is 1.96. The van der Waals surface area contributed by atoms with Gasteiger partial charge in [-0.25, -0.2) is 9.97 Å². The molecule has 1 aliphatic rings. The average molecular weight is 302 g/mol. The summed E-state index contributed by atoms with van der Waals surface area (Å²) in [7, 11) is 0. The zero-order valence-electron chi connectivity index (χ0n) is 11.8. The Morgan fingerprint density at radius 1 is 1.24 bits per heavy atom. The molecule has 108 valence electrons. The molecule has 0 unspecified atom stereocenters. The number of aryl methyl sites for hydroxylation is 1. The minimum absolute atomic E-state index is 0.753. The summed E-state index contributed by atoms with van der Waals surface area (Å²) in [4.78, 5) is 14.9. The molecule has 3 aromatic rings. The number of nitrogens with one attached hydrogen (secondary N) is 2. The van der Waals surface area contributed by atoms with Crippen molar-refractivity contribution < 1.29 is 0 Å². The van der Waals surface area contributed by atoms with Gasteiger partial charge in [0, 0.05) is 36.6 Å². The van der Waals surface area contributed by atoms with Crippen molar-refractivity contribution in [1.82, 2.24) is 20.3 Å². The number of H-pyrrole nitrogens is 1. The van der Waals surface area contributed by atoms with E-state index in [9.17, 15) is 0 Å². The fourth-order valence-electron chi connectivity index (χ4n) is 2.99. The van der Waals surface area contributed by atoms with Gasteiger partial charge < -0.3 is 15.2 Å². The highest BCUT2D eigenvalue weighted by Crippen LogP contribution is 2.33. The van der Waals surface area contributed by atoms with Crippen LogP contribution in [0.15, 0.2) is 18.5 Å². The van der Waals surface area contributed by atoms with Gasteiger partial charge in [-0.1, -0.05) is 11.6 Å². The lowest BCUT2D eigenvalue weighted by atomic mass is 10.1. The molecule has 0 amide bonds. The molecule has 5 nitrogen and oxygen atoms in total. The minimum Gasteiger partial charge on any atom is -0.352 e. The summed E-state index contributed by atoms with van der Waals surface area (Å²) in [5, 5.41) is 5.16. The lowest BCUT2D eigenvalue weighted by molar-refractivity contribution is 0.586. The molecule has 4 rings (SSSR count). The number of fused-ring (bicyclic) bond motifs is 3. The summed E-state index contributed by atoms with van der Waals surface area (Å²) in [6.45, 7) is 5.90. The fraction of sp³-hybridized carbons (Fsp3) is 0.333. The van der Waals surface area contributed by atoms with Gasteiger partial charge in [0.25, 0.3) is 0 Å². The summed E-state index contributed by atoms with van der Waals surface area (Å²) >= 11 is 6.26. The molecule has 3 heterocycles. The van der Waals surface area contributed by atoms with Crippen LogP contribution in [0.5, 0.6) is 0 Å². The number of imidazole rings is 1. The largest absolute Gasteiger partial charge is 0.352 e. The van der Waals surface area contributed by atoms with Gasteiger partial charge in [-0.05, 0) is 24.6 Å². The van der Waals surface area contributed by atoms with Crippen molar-refractivity contribution in [3.8, 4) is 0 Å². The van der Waals surface area contributed by atoms with Crippen LogP contribution in [0, 0.1) is 6.92 Å². The summed E-state index contributed by atoms with van der Waals surface area (Å²) in [6.07, 6.45) is 1.73. The van der Waals surface area contributed by atoms with E-state index in [1.54, 1.807) is 6.33 Å². The van der Waals surface area contributed by atoms with Gasteiger partial charge in [0.2, 0.25) is 0 Å². The van der Waals surface area contributed by atoms with E-state index in [-0.39, 0.29) is 0 Å². The predicted octanol–water partition coefficient (Wildman–Crippen LogP) is 2.48. The topological polar surface area (TPSA) is 56.8 Å². The van der Waals surface area contributed by atoms with Crippen LogP contribution in [0.4, 0.5) is 5.82 Å². The van der Waals surface area contributed by atoms with Crippen LogP contribution in [0.2, 0.25) is 5.02 Å². The maximum Gasteiger partial charge on any atom is 0.155 e. The van der Waals surface area contributed by atoms with Crippen molar-refractivity contribution in [2.45, 2.75) is 6.92 Å². The van der Waals surface area contributed by atoms with Gasteiger partial charge in [0.05, 0.1) is 11.8 Å². The summed E-state index contributed by atoms with van der Waals surface area (Å²) in [6, 6.07) is 3.89. The highest BCUT2D eigenvalue weighted by atomic mass is 35.5. The van der Waals surface area contributed by atoms with Crippen molar-refractivity contribution >= 4 is 39.4 Å². The van der Waals surface area contributed by atoms with Crippen LogP contribution >= 0.6 is 11.6 Å². The zero-order valence-corrected chi connectivity index (χ0v) is 12.5. The Kier molecular flexibility index (Phi) is 2.97. The van der Waals surface area contributed by atoms with Gasteiger partial charge >= 0.3 is 0 Å². The first-order valence-electron chi connectivity index (χ1n) is 7.13. The Balaban J connectivity index is 2.03. The molecule has 0 spiro atoms. The first-order valence-corrected chi connectivity index (χ1v) is 7.51.